The van der Waals surface area contributed by atoms with E-state index in [9.17, 15) is 0 Å². The first-order valence-corrected chi connectivity index (χ1v) is 4.92. The zero-order chi connectivity index (χ0) is 9.80. The molecule has 2 rings (SSSR count). The zero-order valence-corrected chi connectivity index (χ0v) is 8.27. The highest BCUT2D eigenvalue weighted by atomic mass is 14.7. The highest BCUT2D eigenvalue weighted by molar-refractivity contribution is 5.79. The van der Waals surface area contributed by atoms with E-state index in [-0.39, 0.29) is 0 Å². The predicted molar refractivity (Wildman–Crippen MR) is 61.1 cm³/mol. The maximum Gasteiger partial charge on any atom is 0.0709 e. The molecule has 2 aromatic rings. The summed E-state index contributed by atoms with van der Waals surface area (Å²) in [5, 5.41) is 1.20. The van der Waals surface area contributed by atoms with Crippen LogP contribution in [0.4, 0.5) is 0 Å². The van der Waals surface area contributed by atoms with Gasteiger partial charge in [0.25, 0.3) is 0 Å². The van der Waals surface area contributed by atoms with Crippen molar-refractivity contribution in [2.75, 3.05) is 0 Å². The Labute approximate surface area is 84.1 Å². The van der Waals surface area contributed by atoms with Crippen molar-refractivity contribution in [3.63, 3.8) is 0 Å². The minimum absolute atomic E-state index is 1.03. The summed E-state index contributed by atoms with van der Waals surface area (Å²) in [7, 11) is 0. The molecule has 0 saturated heterocycles. The lowest BCUT2D eigenvalue weighted by Gasteiger charge is -1.97. The molecule has 0 aliphatic carbocycles. The third kappa shape index (κ3) is 1.82. The Hall–Kier alpha value is -1.63. The third-order valence-electron chi connectivity index (χ3n) is 2.14. The molecule has 0 spiro atoms. The van der Waals surface area contributed by atoms with E-state index in [2.05, 4.69) is 42.3 Å². The molecule has 1 nitrogen and oxygen atoms in total. The van der Waals surface area contributed by atoms with Crippen LogP contribution in [0, 0.1) is 0 Å². The van der Waals surface area contributed by atoms with Crippen molar-refractivity contribution in [3.05, 3.63) is 48.2 Å². The smallest absolute Gasteiger partial charge is 0.0709 e. The highest BCUT2D eigenvalue weighted by Crippen LogP contribution is 2.12. The SMILES string of the molecule is CC/C=C/c1ccc2ccccc2n1. The van der Waals surface area contributed by atoms with E-state index in [0.717, 1.165) is 17.6 Å². The van der Waals surface area contributed by atoms with Gasteiger partial charge in [-0.1, -0.05) is 37.3 Å². The van der Waals surface area contributed by atoms with Gasteiger partial charge >= 0.3 is 0 Å². The van der Waals surface area contributed by atoms with Crippen LogP contribution >= 0.6 is 0 Å². The average molecular weight is 183 g/mol. The van der Waals surface area contributed by atoms with E-state index in [4.69, 9.17) is 0 Å². The molecular weight excluding hydrogens is 170 g/mol. The van der Waals surface area contributed by atoms with Crippen LogP contribution in [0.5, 0.6) is 0 Å². The summed E-state index contributed by atoms with van der Waals surface area (Å²) in [6.07, 6.45) is 5.23. The Bertz CT molecular complexity index is 457. The fourth-order valence-electron chi connectivity index (χ4n) is 1.41. The van der Waals surface area contributed by atoms with Gasteiger partial charge in [0.1, 0.15) is 0 Å². The number of rotatable bonds is 2. The largest absolute Gasteiger partial charge is 0.248 e. The summed E-state index contributed by atoms with van der Waals surface area (Å²) < 4.78 is 0. The van der Waals surface area contributed by atoms with Gasteiger partial charge in [0.05, 0.1) is 11.2 Å². The third-order valence-corrected chi connectivity index (χ3v) is 2.14. The maximum atomic E-state index is 4.53. The fraction of sp³-hybridized carbons (Fsp3) is 0.154. The molecule has 0 fully saturated rings. The number of para-hydroxylation sites is 1. The fourth-order valence-corrected chi connectivity index (χ4v) is 1.41. The van der Waals surface area contributed by atoms with Crippen molar-refractivity contribution in [3.8, 4) is 0 Å². The van der Waals surface area contributed by atoms with E-state index in [1.54, 1.807) is 0 Å². The van der Waals surface area contributed by atoms with Crippen LogP contribution in [-0.2, 0) is 0 Å². The molecule has 1 aromatic heterocycles. The molecule has 14 heavy (non-hydrogen) atoms. The van der Waals surface area contributed by atoms with Crippen molar-refractivity contribution in [1.29, 1.82) is 0 Å². The first-order valence-electron chi connectivity index (χ1n) is 4.92. The van der Waals surface area contributed by atoms with Gasteiger partial charge in [-0.05, 0) is 24.6 Å². The minimum atomic E-state index is 1.03. The number of benzene rings is 1. The number of nitrogens with zero attached hydrogens (tertiary/aromatic N) is 1. The summed E-state index contributed by atoms with van der Waals surface area (Å²) in [5.41, 5.74) is 2.09. The molecule has 0 atom stereocenters. The monoisotopic (exact) mass is 183 g/mol. The highest BCUT2D eigenvalue weighted by Gasteiger charge is 1.93. The summed E-state index contributed by atoms with van der Waals surface area (Å²) >= 11 is 0. The van der Waals surface area contributed by atoms with Crippen molar-refractivity contribution in [1.82, 2.24) is 4.98 Å². The molecule has 70 valence electrons. The molecule has 0 amide bonds. The van der Waals surface area contributed by atoms with Crippen LogP contribution in [0.1, 0.15) is 19.0 Å². The summed E-state index contributed by atoms with van der Waals surface area (Å²) in [5.74, 6) is 0. The molecule has 0 bridgehead atoms. The maximum absolute atomic E-state index is 4.53. The number of allylic oxidation sites excluding steroid dienone is 1. The second-order valence-corrected chi connectivity index (χ2v) is 3.24. The molecular formula is C13H13N. The molecule has 1 aromatic carbocycles. The summed E-state index contributed by atoms with van der Waals surface area (Å²) in [6.45, 7) is 2.12. The molecule has 0 unspecified atom stereocenters. The van der Waals surface area contributed by atoms with E-state index in [1.165, 1.54) is 5.39 Å². The van der Waals surface area contributed by atoms with Crippen LogP contribution in [-0.4, -0.2) is 4.98 Å². The Balaban J connectivity index is 2.46. The lowest BCUT2D eigenvalue weighted by atomic mass is 10.2. The van der Waals surface area contributed by atoms with E-state index in [0.29, 0.717) is 0 Å². The summed E-state index contributed by atoms with van der Waals surface area (Å²) in [6, 6.07) is 12.3. The topological polar surface area (TPSA) is 12.9 Å². The van der Waals surface area contributed by atoms with Gasteiger partial charge in [-0.15, -0.1) is 0 Å². The van der Waals surface area contributed by atoms with Gasteiger partial charge in [-0.25, -0.2) is 4.98 Å². The second-order valence-electron chi connectivity index (χ2n) is 3.24. The molecule has 1 heteroatoms. The normalized spacial score (nSPS) is 11.2. The number of hydrogen-bond acceptors (Lipinski definition) is 1. The minimum Gasteiger partial charge on any atom is -0.248 e. The molecule has 1 heterocycles. The van der Waals surface area contributed by atoms with Gasteiger partial charge in [-0.2, -0.15) is 0 Å². The van der Waals surface area contributed by atoms with Crippen LogP contribution in [0.3, 0.4) is 0 Å². The average Bonchev–Trinajstić information content (AvgIpc) is 2.26. The first-order chi connectivity index (χ1) is 6.90. The molecule has 0 saturated carbocycles. The van der Waals surface area contributed by atoms with Crippen LogP contribution < -0.4 is 0 Å². The predicted octanol–water partition coefficient (Wildman–Crippen LogP) is 3.66. The molecule has 0 N–H and O–H groups in total. The van der Waals surface area contributed by atoms with Crippen LogP contribution in [0.15, 0.2) is 42.5 Å². The molecule has 0 radical (unpaired) electrons. The standard InChI is InChI=1S/C13H13N/c1-2-3-7-12-10-9-11-6-4-5-8-13(11)14-12/h3-10H,2H2,1H3/b7-3+. The van der Waals surface area contributed by atoms with Crippen molar-refractivity contribution >= 4 is 17.0 Å². The number of hydrogen-bond donors (Lipinski definition) is 0. The molecule has 0 aliphatic rings. The molecule has 0 aliphatic heterocycles. The van der Waals surface area contributed by atoms with Crippen molar-refractivity contribution in [2.45, 2.75) is 13.3 Å². The van der Waals surface area contributed by atoms with Gasteiger partial charge < -0.3 is 0 Å². The quantitative estimate of drug-likeness (QED) is 0.692. The lowest BCUT2D eigenvalue weighted by Crippen LogP contribution is -1.81. The number of fused-ring (bicyclic) bond motifs is 1. The van der Waals surface area contributed by atoms with Crippen molar-refractivity contribution in [2.24, 2.45) is 0 Å². The Morgan fingerprint density at radius 2 is 2.00 bits per heavy atom. The Kier molecular flexibility index (Phi) is 2.59. The second kappa shape index (κ2) is 4.05. The van der Waals surface area contributed by atoms with E-state index < -0.39 is 0 Å². The Morgan fingerprint density at radius 1 is 1.14 bits per heavy atom. The van der Waals surface area contributed by atoms with Gasteiger partial charge in [0, 0.05) is 5.39 Å². The number of pyridine rings is 1. The van der Waals surface area contributed by atoms with Crippen molar-refractivity contribution < 1.29 is 0 Å². The van der Waals surface area contributed by atoms with Gasteiger partial charge in [0.2, 0.25) is 0 Å². The van der Waals surface area contributed by atoms with E-state index in [1.807, 2.05) is 18.2 Å². The van der Waals surface area contributed by atoms with Crippen LogP contribution in [0.25, 0.3) is 17.0 Å². The number of aromatic nitrogens is 1. The van der Waals surface area contributed by atoms with Crippen LogP contribution in [0.2, 0.25) is 0 Å². The van der Waals surface area contributed by atoms with Gasteiger partial charge in [-0.3, -0.25) is 0 Å². The van der Waals surface area contributed by atoms with E-state index >= 15 is 0 Å². The first kappa shape index (κ1) is 8.95. The lowest BCUT2D eigenvalue weighted by molar-refractivity contribution is 1.23. The Morgan fingerprint density at radius 3 is 2.86 bits per heavy atom. The van der Waals surface area contributed by atoms with Gasteiger partial charge in [0.15, 0.2) is 0 Å². The zero-order valence-electron chi connectivity index (χ0n) is 8.27. The summed E-state index contributed by atoms with van der Waals surface area (Å²) in [4.78, 5) is 4.53.